The molecular formula is C25H26N2O6. The van der Waals surface area contributed by atoms with Crippen molar-refractivity contribution < 1.29 is 28.7 Å². The fourth-order valence-electron chi connectivity index (χ4n) is 3.83. The Bertz CT molecular complexity index is 1150. The summed E-state index contributed by atoms with van der Waals surface area (Å²) in [6, 6.07) is 15.2. The van der Waals surface area contributed by atoms with Crippen LogP contribution in [0.1, 0.15) is 30.6 Å². The summed E-state index contributed by atoms with van der Waals surface area (Å²) >= 11 is 0. The van der Waals surface area contributed by atoms with E-state index >= 15 is 0 Å². The van der Waals surface area contributed by atoms with Crippen LogP contribution in [0.2, 0.25) is 0 Å². The Labute approximate surface area is 191 Å². The maximum atomic E-state index is 13.5. The topological polar surface area (TPSA) is 125 Å². The molecule has 0 aliphatic rings. The molecule has 0 unspecified atom stereocenters. The molecule has 0 aliphatic heterocycles. The van der Waals surface area contributed by atoms with Gasteiger partial charge in [0.2, 0.25) is 5.91 Å². The Kier molecular flexibility index (Phi) is 7.61. The molecule has 3 aromatic carbocycles. The first kappa shape index (κ1) is 23.7. The molecule has 3 N–H and O–H groups in total. The number of nitrogens with two attached hydrogens (primary N) is 1. The SMILES string of the molecule is CCOC(=O)C[C@@H](C(=O)OCC)[C@H](NC(=O)c1c2ccccc2cc2ccccc12)C(N)=O. The van der Waals surface area contributed by atoms with Crippen molar-refractivity contribution in [1.82, 2.24) is 5.32 Å². The third-order valence-corrected chi connectivity index (χ3v) is 5.28. The maximum Gasteiger partial charge on any atom is 0.312 e. The monoisotopic (exact) mass is 450 g/mol. The number of hydrogen-bond donors (Lipinski definition) is 2. The Morgan fingerprint density at radius 3 is 1.94 bits per heavy atom. The molecule has 0 aliphatic carbocycles. The van der Waals surface area contributed by atoms with Crippen molar-refractivity contribution in [2.24, 2.45) is 11.7 Å². The van der Waals surface area contributed by atoms with Crippen LogP contribution in [0.3, 0.4) is 0 Å². The summed E-state index contributed by atoms with van der Waals surface area (Å²) in [5.41, 5.74) is 5.90. The van der Waals surface area contributed by atoms with Crippen LogP contribution in [-0.4, -0.2) is 43.0 Å². The predicted octanol–water partition coefficient (Wildman–Crippen LogP) is 2.71. The van der Waals surface area contributed by atoms with E-state index in [4.69, 9.17) is 15.2 Å². The van der Waals surface area contributed by atoms with Crippen molar-refractivity contribution in [3.8, 4) is 0 Å². The van der Waals surface area contributed by atoms with Crippen molar-refractivity contribution in [3.05, 3.63) is 60.2 Å². The first-order valence-corrected chi connectivity index (χ1v) is 10.7. The second kappa shape index (κ2) is 10.6. The number of esters is 2. The summed E-state index contributed by atoms with van der Waals surface area (Å²) in [5.74, 6) is -4.41. The molecule has 3 rings (SSSR count). The molecule has 8 heteroatoms. The lowest BCUT2D eigenvalue weighted by molar-refractivity contribution is -0.156. The summed E-state index contributed by atoms with van der Waals surface area (Å²) < 4.78 is 9.96. The van der Waals surface area contributed by atoms with Gasteiger partial charge in [0.05, 0.1) is 31.1 Å². The fourth-order valence-corrected chi connectivity index (χ4v) is 3.83. The third-order valence-electron chi connectivity index (χ3n) is 5.28. The Morgan fingerprint density at radius 2 is 1.42 bits per heavy atom. The quantitative estimate of drug-likeness (QED) is 0.381. The van der Waals surface area contributed by atoms with E-state index in [0.29, 0.717) is 16.3 Å². The van der Waals surface area contributed by atoms with Gasteiger partial charge in [-0.2, -0.15) is 0 Å². The molecule has 0 spiro atoms. The first-order chi connectivity index (χ1) is 15.9. The largest absolute Gasteiger partial charge is 0.466 e. The molecule has 8 nitrogen and oxygen atoms in total. The smallest absolute Gasteiger partial charge is 0.312 e. The van der Waals surface area contributed by atoms with E-state index in [2.05, 4.69) is 5.32 Å². The van der Waals surface area contributed by atoms with Gasteiger partial charge in [-0.3, -0.25) is 19.2 Å². The number of fused-ring (bicyclic) bond motifs is 2. The number of ether oxygens (including phenoxy) is 2. The zero-order valence-electron chi connectivity index (χ0n) is 18.5. The van der Waals surface area contributed by atoms with Crippen LogP contribution < -0.4 is 11.1 Å². The molecule has 2 amide bonds. The highest BCUT2D eigenvalue weighted by Crippen LogP contribution is 2.29. The fraction of sp³-hybridized carbons (Fsp3) is 0.280. The predicted molar refractivity (Wildman–Crippen MR) is 123 cm³/mol. The van der Waals surface area contributed by atoms with Crippen molar-refractivity contribution in [2.75, 3.05) is 13.2 Å². The Balaban J connectivity index is 2.04. The molecule has 33 heavy (non-hydrogen) atoms. The standard InChI is InChI=1S/C25H26N2O6/c1-3-32-20(28)14-19(25(31)33-4-2)22(23(26)29)27-24(30)21-17-11-7-5-9-15(17)13-16-10-6-8-12-18(16)21/h5-13,19,22H,3-4,14H2,1-2H3,(H2,26,29)(H,27,30)/t19-,22+/m1/s1. The number of hydrogen-bond acceptors (Lipinski definition) is 6. The maximum absolute atomic E-state index is 13.5. The molecule has 0 aromatic heterocycles. The lowest BCUT2D eigenvalue weighted by Crippen LogP contribution is -2.52. The first-order valence-electron chi connectivity index (χ1n) is 10.7. The number of rotatable bonds is 9. The van der Waals surface area contributed by atoms with Crippen molar-refractivity contribution >= 4 is 45.3 Å². The minimum Gasteiger partial charge on any atom is -0.466 e. The normalized spacial score (nSPS) is 12.7. The molecule has 0 radical (unpaired) electrons. The van der Waals surface area contributed by atoms with Gasteiger partial charge in [-0.05, 0) is 41.5 Å². The van der Waals surface area contributed by atoms with Gasteiger partial charge in [-0.1, -0.05) is 48.5 Å². The molecule has 0 bridgehead atoms. The molecular weight excluding hydrogens is 424 g/mol. The van der Waals surface area contributed by atoms with Crippen molar-refractivity contribution in [2.45, 2.75) is 26.3 Å². The number of carbonyl (C=O) groups is 4. The zero-order valence-corrected chi connectivity index (χ0v) is 18.5. The van der Waals surface area contributed by atoms with Gasteiger partial charge in [-0.25, -0.2) is 0 Å². The van der Waals surface area contributed by atoms with E-state index in [0.717, 1.165) is 10.8 Å². The number of amides is 2. The van der Waals surface area contributed by atoms with Crippen LogP contribution in [0, 0.1) is 5.92 Å². The highest BCUT2D eigenvalue weighted by molar-refractivity contribution is 6.18. The van der Waals surface area contributed by atoms with Gasteiger partial charge in [0.25, 0.3) is 5.91 Å². The van der Waals surface area contributed by atoms with Gasteiger partial charge < -0.3 is 20.5 Å². The lowest BCUT2D eigenvalue weighted by atomic mass is 9.93. The van der Waals surface area contributed by atoms with Crippen LogP contribution in [-0.2, 0) is 23.9 Å². The third kappa shape index (κ3) is 5.28. The number of primary amides is 1. The summed E-state index contributed by atoms with van der Waals surface area (Å²) in [4.78, 5) is 50.5. The van der Waals surface area contributed by atoms with Gasteiger partial charge in [0.1, 0.15) is 6.04 Å². The molecule has 0 heterocycles. The molecule has 3 aromatic rings. The van der Waals surface area contributed by atoms with Gasteiger partial charge in [0, 0.05) is 0 Å². The second-order valence-electron chi connectivity index (χ2n) is 7.42. The molecule has 0 fully saturated rings. The number of benzene rings is 3. The van der Waals surface area contributed by atoms with Gasteiger partial charge >= 0.3 is 11.9 Å². The van der Waals surface area contributed by atoms with Crippen molar-refractivity contribution in [3.63, 3.8) is 0 Å². The average molecular weight is 450 g/mol. The van der Waals surface area contributed by atoms with Gasteiger partial charge in [0.15, 0.2) is 0 Å². The number of carbonyl (C=O) groups excluding carboxylic acids is 4. The van der Waals surface area contributed by atoms with Crippen LogP contribution in [0.5, 0.6) is 0 Å². The summed E-state index contributed by atoms with van der Waals surface area (Å²) in [5, 5.41) is 5.61. The summed E-state index contributed by atoms with van der Waals surface area (Å²) in [6.45, 7) is 3.35. The summed E-state index contributed by atoms with van der Waals surface area (Å²) in [7, 11) is 0. The molecule has 0 saturated carbocycles. The second-order valence-corrected chi connectivity index (χ2v) is 7.42. The molecule has 2 atom stereocenters. The molecule has 0 saturated heterocycles. The van der Waals surface area contributed by atoms with Gasteiger partial charge in [-0.15, -0.1) is 0 Å². The minimum atomic E-state index is -1.47. The van der Waals surface area contributed by atoms with Crippen LogP contribution in [0.25, 0.3) is 21.5 Å². The average Bonchev–Trinajstić information content (AvgIpc) is 2.79. The molecule has 172 valence electrons. The van der Waals surface area contributed by atoms with Crippen molar-refractivity contribution in [1.29, 1.82) is 0 Å². The van der Waals surface area contributed by atoms with E-state index in [1.807, 2.05) is 42.5 Å². The van der Waals surface area contributed by atoms with E-state index in [1.165, 1.54) is 0 Å². The summed E-state index contributed by atoms with van der Waals surface area (Å²) in [6.07, 6.45) is -0.461. The van der Waals surface area contributed by atoms with Crippen LogP contribution in [0.4, 0.5) is 0 Å². The van der Waals surface area contributed by atoms with E-state index in [1.54, 1.807) is 26.0 Å². The highest BCUT2D eigenvalue weighted by Gasteiger charge is 2.37. The Morgan fingerprint density at radius 1 is 0.879 bits per heavy atom. The number of nitrogens with one attached hydrogen (secondary N) is 1. The minimum absolute atomic E-state index is 0.0333. The highest BCUT2D eigenvalue weighted by atomic mass is 16.5. The van der Waals surface area contributed by atoms with E-state index in [-0.39, 0.29) is 13.2 Å². The van der Waals surface area contributed by atoms with E-state index < -0.39 is 42.1 Å². The lowest BCUT2D eigenvalue weighted by Gasteiger charge is -2.24. The van der Waals surface area contributed by atoms with Crippen LogP contribution in [0.15, 0.2) is 54.6 Å². The van der Waals surface area contributed by atoms with Crippen LogP contribution >= 0.6 is 0 Å². The zero-order chi connectivity index (χ0) is 24.0. The van der Waals surface area contributed by atoms with E-state index in [9.17, 15) is 19.2 Å². The Hall–Kier alpha value is -3.94.